The van der Waals surface area contributed by atoms with Gasteiger partial charge < -0.3 is 19.1 Å². The number of hydrogen-bond donors (Lipinski definition) is 1. The van der Waals surface area contributed by atoms with Crippen molar-refractivity contribution < 1.29 is 28.6 Å². The second kappa shape index (κ2) is 10.7. The summed E-state index contributed by atoms with van der Waals surface area (Å²) in [6.45, 7) is 5.29. The van der Waals surface area contributed by atoms with Crippen LogP contribution in [-0.4, -0.2) is 74.7 Å². The van der Waals surface area contributed by atoms with Crippen molar-refractivity contribution in [1.29, 1.82) is 0 Å². The number of nitrogens with one attached hydrogen (secondary N) is 1. The van der Waals surface area contributed by atoms with Crippen LogP contribution in [0.1, 0.15) is 25.0 Å². The van der Waals surface area contributed by atoms with Gasteiger partial charge in [-0.3, -0.25) is 19.8 Å². The minimum Gasteiger partial charge on any atom is -0.493 e. The van der Waals surface area contributed by atoms with Gasteiger partial charge in [0.1, 0.15) is 0 Å². The number of benzene rings is 1. The standard InChI is InChI=1S/C20H29N3O6/c1-5-22(12-18(24)21-20(26)29-6-2)13-19(25)23-8-7-14-9-16(27-3)17(28-4)10-15(14)11-23/h9-10H,5-8,11-13H2,1-4H3,(H,21,24,26). The molecule has 0 atom stereocenters. The third-order valence-corrected chi connectivity index (χ3v) is 4.76. The number of imide groups is 1. The van der Waals surface area contributed by atoms with Gasteiger partial charge in [-0.05, 0) is 43.1 Å². The summed E-state index contributed by atoms with van der Waals surface area (Å²) < 4.78 is 15.4. The molecule has 0 bridgehead atoms. The van der Waals surface area contributed by atoms with Crippen LogP contribution in [0.4, 0.5) is 4.79 Å². The third-order valence-electron chi connectivity index (χ3n) is 4.76. The van der Waals surface area contributed by atoms with E-state index in [4.69, 9.17) is 9.47 Å². The zero-order valence-electron chi connectivity index (χ0n) is 17.4. The average Bonchev–Trinajstić information content (AvgIpc) is 2.71. The molecule has 1 aliphatic heterocycles. The smallest absolute Gasteiger partial charge is 0.413 e. The predicted molar refractivity (Wildman–Crippen MR) is 106 cm³/mol. The molecule has 1 aromatic carbocycles. The molecule has 1 N–H and O–H groups in total. The topological polar surface area (TPSA) is 97.4 Å². The van der Waals surface area contributed by atoms with Gasteiger partial charge in [-0.1, -0.05) is 6.92 Å². The number of fused-ring (bicyclic) bond motifs is 1. The Morgan fingerprint density at radius 2 is 1.72 bits per heavy atom. The number of amides is 3. The van der Waals surface area contributed by atoms with Gasteiger partial charge in [-0.15, -0.1) is 0 Å². The van der Waals surface area contributed by atoms with E-state index >= 15 is 0 Å². The lowest BCUT2D eigenvalue weighted by Crippen LogP contribution is -2.46. The molecule has 1 aliphatic rings. The molecule has 0 aromatic heterocycles. The highest BCUT2D eigenvalue weighted by atomic mass is 16.5. The Morgan fingerprint density at radius 3 is 2.31 bits per heavy atom. The van der Waals surface area contributed by atoms with Crippen molar-refractivity contribution in [2.75, 3.05) is 47.0 Å². The molecule has 160 valence electrons. The second-order valence-corrected chi connectivity index (χ2v) is 6.61. The number of nitrogens with zero attached hydrogens (tertiary/aromatic N) is 2. The molecule has 0 saturated carbocycles. The number of rotatable bonds is 8. The molecule has 1 heterocycles. The van der Waals surface area contributed by atoms with E-state index in [0.717, 1.165) is 17.5 Å². The first-order valence-corrected chi connectivity index (χ1v) is 9.62. The largest absolute Gasteiger partial charge is 0.493 e. The van der Waals surface area contributed by atoms with Crippen molar-refractivity contribution in [2.45, 2.75) is 26.8 Å². The molecular weight excluding hydrogens is 378 g/mol. The molecule has 0 unspecified atom stereocenters. The molecule has 0 fully saturated rings. The van der Waals surface area contributed by atoms with E-state index in [-0.39, 0.29) is 25.6 Å². The maximum absolute atomic E-state index is 12.8. The summed E-state index contributed by atoms with van der Waals surface area (Å²) in [7, 11) is 3.18. The Morgan fingerprint density at radius 1 is 1.07 bits per heavy atom. The molecule has 29 heavy (non-hydrogen) atoms. The van der Waals surface area contributed by atoms with E-state index in [9.17, 15) is 14.4 Å². The summed E-state index contributed by atoms with van der Waals surface area (Å²) in [4.78, 5) is 39.5. The highest BCUT2D eigenvalue weighted by molar-refractivity contribution is 5.93. The molecule has 0 radical (unpaired) electrons. The third kappa shape index (κ3) is 6.08. The van der Waals surface area contributed by atoms with Gasteiger partial charge >= 0.3 is 6.09 Å². The summed E-state index contributed by atoms with van der Waals surface area (Å²) in [5.74, 6) is 0.734. The first kappa shape index (κ1) is 22.5. The molecule has 3 amide bonds. The molecule has 0 spiro atoms. The molecule has 0 saturated heterocycles. The number of alkyl carbamates (subject to hydrolysis) is 1. The van der Waals surface area contributed by atoms with Crippen LogP contribution in [0.2, 0.25) is 0 Å². The molecule has 2 rings (SSSR count). The van der Waals surface area contributed by atoms with Gasteiger partial charge in [0.25, 0.3) is 0 Å². The summed E-state index contributed by atoms with van der Waals surface area (Å²) in [5.41, 5.74) is 2.15. The quantitative estimate of drug-likeness (QED) is 0.691. The van der Waals surface area contributed by atoms with E-state index < -0.39 is 12.0 Å². The first-order chi connectivity index (χ1) is 13.9. The summed E-state index contributed by atoms with van der Waals surface area (Å²) in [6.07, 6.45) is -0.0615. The highest BCUT2D eigenvalue weighted by Crippen LogP contribution is 2.33. The molecule has 9 nitrogen and oxygen atoms in total. The van der Waals surface area contributed by atoms with E-state index in [2.05, 4.69) is 10.1 Å². The first-order valence-electron chi connectivity index (χ1n) is 9.62. The van der Waals surface area contributed by atoms with Crippen molar-refractivity contribution in [3.63, 3.8) is 0 Å². The lowest BCUT2D eigenvalue weighted by atomic mass is 9.98. The monoisotopic (exact) mass is 407 g/mol. The van der Waals surface area contributed by atoms with Crippen molar-refractivity contribution in [1.82, 2.24) is 15.1 Å². The Bertz CT molecular complexity index is 752. The zero-order valence-corrected chi connectivity index (χ0v) is 17.4. The van der Waals surface area contributed by atoms with Crippen LogP contribution in [0.15, 0.2) is 12.1 Å². The van der Waals surface area contributed by atoms with Crippen molar-refractivity contribution in [2.24, 2.45) is 0 Å². The SMILES string of the molecule is CCOC(=O)NC(=O)CN(CC)CC(=O)N1CCc2cc(OC)c(OC)cc2C1. The van der Waals surface area contributed by atoms with Gasteiger partial charge in [-0.2, -0.15) is 0 Å². The average molecular weight is 407 g/mol. The Hall–Kier alpha value is -2.81. The van der Waals surface area contributed by atoms with Crippen molar-refractivity contribution >= 4 is 17.9 Å². The number of ether oxygens (including phenoxy) is 3. The minimum atomic E-state index is -0.781. The van der Waals surface area contributed by atoms with Crippen LogP contribution in [-0.2, 0) is 27.3 Å². The Kier molecular flexibility index (Phi) is 8.26. The fraction of sp³-hybridized carbons (Fsp3) is 0.550. The van der Waals surface area contributed by atoms with E-state index in [0.29, 0.717) is 31.1 Å². The predicted octanol–water partition coefficient (Wildman–Crippen LogP) is 1.18. The summed E-state index contributed by atoms with van der Waals surface area (Å²) >= 11 is 0. The van der Waals surface area contributed by atoms with Gasteiger partial charge in [0.15, 0.2) is 11.5 Å². The van der Waals surface area contributed by atoms with Crippen LogP contribution >= 0.6 is 0 Å². The molecular formula is C20H29N3O6. The maximum atomic E-state index is 12.8. The van der Waals surface area contributed by atoms with E-state index in [1.54, 1.807) is 30.9 Å². The minimum absolute atomic E-state index is 0.0590. The van der Waals surface area contributed by atoms with Crippen LogP contribution in [0.25, 0.3) is 0 Å². The summed E-state index contributed by atoms with van der Waals surface area (Å²) in [5, 5.41) is 2.14. The van der Waals surface area contributed by atoms with Gasteiger partial charge in [0, 0.05) is 13.1 Å². The summed E-state index contributed by atoms with van der Waals surface area (Å²) in [6, 6.07) is 3.85. The van der Waals surface area contributed by atoms with Crippen LogP contribution in [0, 0.1) is 0 Å². The maximum Gasteiger partial charge on any atom is 0.413 e. The second-order valence-electron chi connectivity index (χ2n) is 6.61. The fourth-order valence-electron chi connectivity index (χ4n) is 3.19. The van der Waals surface area contributed by atoms with Crippen LogP contribution in [0.3, 0.4) is 0 Å². The molecule has 9 heteroatoms. The molecule has 1 aromatic rings. The number of likely N-dealkylation sites (N-methyl/N-ethyl adjacent to an activating group) is 1. The lowest BCUT2D eigenvalue weighted by Gasteiger charge is -2.31. The number of hydrogen-bond acceptors (Lipinski definition) is 7. The van der Waals surface area contributed by atoms with Gasteiger partial charge in [-0.25, -0.2) is 4.79 Å². The van der Waals surface area contributed by atoms with Crippen molar-refractivity contribution in [3.8, 4) is 11.5 Å². The van der Waals surface area contributed by atoms with Gasteiger partial charge in [0.05, 0.1) is 33.9 Å². The van der Waals surface area contributed by atoms with Crippen LogP contribution < -0.4 is 14.8 Å². The number of methoxy groups -OCH3 is 2. The fourth-order valence-corrected chi connectivity index (χ4v) is 3.19. The van der Waals surface area contributed by atoms with E-state index in [1.807, 2.05) is 19.1 Å². The molecule has 0 aliphatic carbocycles. The zero-order chi connectivity index (χ0) is 21.4. The van der Waals surface area contributed by atoms with E-state index in [1.165, 1.54) is 0 Å². The number of carbonyl (C=O) groups is 3. The Labute approximate surface area is 170 Å². The number of carbonyl (C=O) groups excluding carboxylic acids is 3. The normalized spacial score (nSPS) is 12.9. The highest BCUT2D eigenvalue weighted by Gasteiger charge is 2.24. The van der Waals surface area contributed by atoms with Gasteiger partial charge in [0.2, 0.25) is 11.8 Å². The van der Waals surface area contributed by atoms with Crippen LogP contribution in [0.5, 0.6) is 11.5 Å². The Balaban J connectivity index is 1.96. The lowest BCUT2D eigenvalue weighted by molar-refractivity contribution is -0.133. The van der Waals surface area contributed by atoms with Crippen molar-refractivity contribution in [3.05, 3.63) is 23.3 Å².